The van der Waals surface area contributed by atoms with Crippen LogP contribution in [0.25, 0.3) is 0 Å². The Morgan fingerprint density at radius 1 is 1.35 bits per heavy atom. The number of hydrogen-bond acceptors (Lipinski definition) is 2. The molecule has 1 aromatic carbocycles. The Balaban J connectivity index is 2.15. The highest BCUT2D eigenvalue weighted by Crippen LogP contribution is 2.22. The van der Waals surface area contributed by atoms with Gasteiger partial charge in [-0.2, -0.15) is 0 Å². The summed E-state index contributed by atoms with van der Waals surface area (Å²) in [5.41, 5.74) is 2.41. The first-order chi connectivity index (χ1) is 9.52. The van der Waals surface area contributed by atoms with Crippen molar-refractivity contribution in [2.24, 2.45) is 5.92 Å². The third kappa shape index (κ3) is 3.00. The van der Waals surface area contributed by atoms with Crippen LogP contribution in [0.15, 0.2) is 18.2 Å². The highest BCUT2D eigenvalue weighted by molar-refractivity contribution is 5.88. The summed E-state index contributed by atoms with van der Waals surface area (Å²) in [5, 5.41) is 9.04. The van der Waals surface area contributed by atoms with Crippen molar-refractivity contribution >= 4 is 11.9 Å². The molecule has 108 valence electrons. The molecule has 1 N–H and O–H groups in total. The van der Waals surface area contributed by atoms with Crippen LogP contribution in [0.5, 0.6) is 0 Å². The van der Waals surface area contributed by atoms with Crippen molar-refractivity contribution in [3.8, 4) is 0 Å². The predicted molar refractivity (Wildman–Crippen MR) is 76.6 cm³/mol. The van der Waals surface area contributed by atoms with E-state index in [0.29, 0.717) is 12.1 Å². The van der Waals surface area contributed by atoms with Gasteiger partial charge >= 0.3 is 5.97 Å². The molecule has 0 aromatic heterocycles. The number of carboxylic acid groups (broad SMARTS) is 1. The number of aromatic carboxylic acids is 1. The van der Waals surface area contributed by atoms with Gasteiger partial charge in [-0.3, -0.25) is 4.79 Å². The predicted octanol–water partition coefficient (Wildman–Crippen LogP) is 2.71. The van der Waals surface area contributed by atoms with E-state index in [1.54, 1.807) is 12.1 Å². The summed E-state index contributed by atoms with van der Waals surface area (Å²) >= 11 is 0. The smallest absolute Gasteiger partial charge is 0.335 e. The average Bonchev–Trinajstić information content (AvgIpc) is 2.45. The molecule has 1 heterocycles. The highest BCUT2D eigenvalue weighted by Gasteiger charge is 2.24. The number of benzene rings is 1. The first kappa shape index (κ1) is 14.6. The van der Waals surface area contributed by atoms with E-state index in [1.807, 2.05) is 17.9 Å². The molecule has 2 rings (SSSR count). The minimum atomic E-state index is -0.921. The van der Waals surface area contributed by atoms with Crippen molar-refractivity contribution < 1.29 is 14.7 Å². The Bertz CT molecular complexity index is 524. The lowest BCUT2D eigenvalue weighted by Gasteiger charge is -2.31. The van der Waals surface area contributed by atoms with E-state index >= 15 is 0 Å². The molecule has 0 saturated carbocycles. The van der Waals surface area contributed by atoms with Gasteiger partial charge in [-0.1, -0.05) is 26.3 Å². The van der Waals surface area contributed by atoms with E-state index in [2.05, 4.69) is 6.92 Å². The first-order valence-electron chi connectivity index (χ1n) is 7.16. The molecule has 4 nitrogen and oxygen atoms in total. The van der Waals surface area contributed by atoms with Gasteiger partial charge in [0.1, 0.15) is 0 Å². The van der Waals surface area contributed by atoms with Crippen LogP contribution < -0.4 is 0 Å². The molecular formula is C16H21NO3. The minimum absolute atomic E-state index is 0.0456. The molecule has 0 bridgehead atoms. The summed E-state index contributed by atoms with van der Waals surface area (Å²) in [4.78, 5) is 25.2. The van der Waals surface area contributed by atoms with Crippen molar-refractivity contribution in [2.75, 3.05) is 6.54 Å². The molecule has 1 aliphatic heterocycles. The number of rotatable bonds is 4. The maximum absolute atomic E-state index is 12.3. The summed E-state index contributed by atoms with van der Waals surface area (Å²) in [6.45, 7) is 5.30. The van der Waals surface area contributed by atoms with Crippen LogP contribution in [0.3, 0.4) is 0 Å². The van der Waals surface area contributed by atoms with Gasteiger partial charge in [0.05, 0.1) is 5.56 Å². The Morgan fingerprint density at radius 2 is 2.10 bits per heavy atom. The number of fused-ring (bicyclic) bond motifs is 1. The molecule has 1 amide bonds. The normalized spacial score (nSPS) is 15.6. The van der Waals surface area contributed by atoms with Crippen molar-refractivity contribution in [2.45, 2.75) is 39.7 Å². The highest BCUT2D eigenvalue weighted by atomic mass is 16.4. The molecule has 0 spiro atoms. The van der Waals surface area contributed by atoms with Crippen molar-refractivity contribution in [1.29, 1.82) is 0 Å². The van der Waals surface area contributed by atoms with Crippen LogP contribution >= 0.6 is 0 Å². The quantitative estimate of drug-likeness (QED) is 0.919. The maximum atomic E-state index is 12.3. The Labute approximate surface area is 119 Å². The molecule has 1 unspecified atom stereocenters. The zero-order valence-corrected chi connectivity index (χ0v) is 12.1. The van der Waals surface area contributed by atoms with Crippen molar-refractivity contribution in [3.05, 3.63) is 34.9 Å². The topological polar surface area (TPSA) is 57.6 Å². The van der Waals surface area contributed by atoms with E-state index in [-0.39, 0.29) is 11.8 Å². The molecule has 0 radical (unpaired) electrons. The zero-order valence-electron chi connectivity index (χ0n) is 12.1. The van der Waals surface area contributed by atoms with Crippen LogP contribution in [0.2, 0.25) is 0 Å². The van der Waals surface area contributed by atoms with E-state index in [0.717, 1.165) is 36.9 Å². The maximum Gasteiger partial charge on any atom is 0.335 e. The van der Waals surface area contributed by atoms with E-state index in [9.17, 15) is 9.59 Å². The molecule has 20 heavy (non-hydrogen) atoms. The van der Waals surface area contributed by atoms with Gasteiger partial charge in [0.2, 0.25) is 5.91 Å². The Kier molecular flexibility index (Phi) is 4.42. The number of hydrogen-bond donors (Lipinski definition) is 1. The standard InChI is InChI=1S/C16H21NO3/c1-3-4-11(2)15(18)17-8-7-12-5-6-13(16(19)20)9-14(12)10-17/h5-6,9,11H,3-4,7-8,10H2,1-2H3,(H,19,20). The second-order valence-electron chi connectivity index (χ2n) is 5.49. The summed E-state index contributed by atoms with van der Waals surface area (Å²) in [6, 6.07) is 5.20. The van der Waals surface area contributed by atoms with Gasteiger partial charge in [0, 0.05) is 19.0 Å². The zero-order chi connectivity index (χ0) is 14.7. The number of amides is 1. The van der Waals surface area contributed by atoms with E-state index in [1.165, 1.54) is 0 Å². The second kappa shape index (κ2) is 6.07. The fraction of sp³-hybridized carbons (Fsp3) is 0.500. The molecule has 1 aromatic rings. The first-order valence-corrected chi connectivity index (χ1v) is 7.16. The molecule has 4 heteroatoms. The van der Waals surface area contributed by atoms with Crippen LogP contribution in [-0.2, 0) is 17.8 Å². The summed E-state index contributed by atoms with van der Waals surface area (Å²) < 4.78 is 0. The monoisotopic (exact) mass is 275 g/mol. The Morgan fingerprint density at radius 3 is 2.75 bits per heavy atom. The fourth-order valence-electron chi connectivity index (χ4n) is 2.75. The van der Waals surface area contributed by atoms with Gasteiger partial charge in [0.15, 0.2) is 0 Å². The fourth-order valence-corrected chi connectivity index (χ4v) is 2.75. The van der Waals surface area contributed by atoms with Gasteiger partial charge in [0.25, 0.3) is 0 Å². The summed E-state index contributed by atoms with van der Waals surface area (Å²) in [7, 11) is 0. The van der Waals surface area contributed by atoms with Crippen LogP contribution in [0.1, 0.15) is 48.2 Å². The third-order valence-corrected chi connectivity index (χ3v) is 3.92. The largest absolute Gasteiger partial charge is 0.478 e. The van der Waals surface area contributed by atoms with Gasteiger partial charge in [-0.25, -0.2) is 4.79 Å². The SMILES string of the molecule is CCCC(C)C(=O)N1CCc2ccc(C(=O)O)cc2C1. The second-order valence-corrected chi connectivity index (χ2v) is 5.49. The number of carbonyl (C=O) groups excluding carboxylic acids is 1. The number of carbonyl (C=O) groups is 2. The number of nitrogens with zero attached hydrogens (tertiary/aromatic N) is 1. The van der Waals surface area contributed by atoms with Gasteiger partial charge < -0.3 is 10.0 Å². The molecule has 0 fully saturated rings. The van der Waals surface area contributed by atoms with Crippen molar-refractivity contribution in [1.82, 2.24) is 4.90 Å². The van der Waals surface area contributed by atoms with Gasteiger partial charge in [-0.05, 0) is 36.1 Å². The summed E-state index contributed by atoms with van der Waals surface area (Å²) in [6.07, 6.45) is 2.71. The van der Waals surface area contributed by atoms with Crippen molar-refractivity contribution in [3.63, 3.8) is 0 Å². The minimum Gasteiger partial charge on any atom is -0.478 e. The molecule has 0 saturated heterocycles. The van der Waals surface area contributed by atoms with Crippen LogP contribution in [-0.4, -0.2) is 28.4 Å². The Hall–Kier alpha value is -1.84. The van der Waals surface area contributed by atoms with Crippen LogP contribution in [0, 0.1) is 5.92 Å². The molecule has 1 atom stereocenters. The number of carboxylic acids is 1. The van der Waals surface area contributed by atoms with Gasteiger partial charge in [-0.15, -0.1) is 0 Å². The lowest BCUT2D eigenvalue weighted by molar-refractivity contribution is -0.136. The molecular weight excluding hydrogens is 254 g/mol. The molecule has 1 aliphatic rings. The third-order valence-electron chi connectivity index (χ3n) is 3.92. The average molecular weight is 275 g/mol. The molecule has 0 aliphatic carbocycles. The van der Waals surface area contributed by atoms with E-state index < -0.39 is 5.97 Å². The lowest BCUT2D eigenvalue weighted by Crippen LogP contribution is -2.39. The lowest BCUT2D eigenvalue weighted by atomic mass is 9.95. The van der Waals surface area contributed by atoms with E-state index in [4.69, 9.17) is 5.11 Å². The summed E-state index contributed by atoms with van der Waals surface area (Å²) in [5.74, 6) is -0.696. The van der Waals surface area contributed by atoms with Crippen LogP contribution in [0.4, 0.5) is 0 Å².